The van der Waals surface area contributed by atoms with Crippen LogP contribution in [-0.2, 0) is 0 Å². The summed E-state index contributed by atoms with van der Waals surface area (Å²) in [4.78, 5) is 2.70. The molecule has 2 aliphatic rings. The summed E-state index contributed by atoms with van der Waals surface area (Å²) in [5.41, 5.74) is 0.488. The van der Waals surface area contributed by atoms with Gasteiger partial charge in [-0.1, -0.05) is 26.7 Å². The summed E-state index contributed by atoms with van der Waals surface area (Å²) in [6, 6.07) is 0.740. The molecule has 2 heteroatoms. The maximum Gasteiger partial charge on any atom is 0.0309 e. The molecule has 1 unspecified atom stereocenters. The average molecular weight is 210 g/mol. The molecule has 88 valence electrons. The van der Waals surface area contributed by atoms with Gasteiger partial charge >= 0.3 is 0 Å². The third-order valence-electron chi connectivity index (χ3n) is 4.51. The molecule has 1 atom stereocenters. The van der Waals surface area contributed by atoms with E-state index < -0.39 is 0 Å². The van der Waals surface area contributed by atoms with Crippen LogP contribution in [0.3, 0.4) is 0 Å². The second kappa shape index (κ2) is 4.42. The Bertz CT molecular complexity index is 207. The molecule has 1 heterocycles. The molecule has 0 radical (unpaired) electrons. The van der Waals surface area contributed by atoms with Gasteiger partial charge in [-0.05, 0) is 25.7 Å². The SMILES string of the molecule is CC(C)C(C)N1CCNC2(CCCC2)C1. The van der Waals surface area contributed by atoms with E-state index in [0.717, 1.165) is 12.0 Å². The van der Waals surface area contributed by atoms with Crippen LogP contribution in [0.1, 0.15) is 46.5 Å². The summed E-state index contributed by atoms with van der Waals surface area (Å²) in [5, 5.41) is 3.78. The summed E-state index contributed by atoms with van der Waals surface area (Å²) in [6.45, 7) is 10.8. The van der Waals surface area contributed by atoms with Crippen molar-refractivity contribution in [2.75, 3.05) is 19.6 Å². The van der Waals surface area contributed by atoms with Crippen molar-refractivity contribution in [1.29, 1.82) is 0 Å². The van der Waals surface area contributed by atoms with Gasteiger partial charge in [-0.15, -0.1) is 0 Å². The fraction of sp³-hybridized carbons (Fsp3) is 1.00. The monoisotopic (exact) mass is 210 g/mol. The molecule has 1 aliphatic carbocycles. The van der Waals surface area contributed by atoms with E-state index in [-0.39, 0.29) is 0 Å². The molecule has 1 saturated heterocycles. The van der Waals surface area contributed by atoms with E-state index in [2.05, 4.69) is 31.0 Å². The van der Waals surface area contributed by atoms with E-state index in [1.165, 1.54) is 45.3 Å². The third kappa shape index (κ3) is 2.36. The number of hydrogen-bond acceptors (Lipinski definition) is 2. The van der Waals surface area contributed by atoms with Crippen LogP contribution in [0, 0.1) is 5.92 Å². The molecule has 2 nitrogen and oxygen atoms in total. The summed E-state index contributed by atoms with van der Waals surface area (Å²) in [7, 11) is 0. The van der Waals surface area contributed by atoms with Crippen molar-refractivity contribution >= 4 is 0 Å². The van der Waals surface area contributed by atoms with Gasteiger partial charge in [0, 0.05) is 31.2 Å². The van der Waals surface area contributed by atoms with Crippen LogP contribution in [0.2, 0.25) is 0 Å². The summed E-state index contributed by atoms with van der Waals surface area (Å²) < 4.78 is 0. The van der Waals surface area contributed by atoms with Crippen molar-refractivity contribution in [3.8, 4) is 0 Å². The maximum absolute atomic E-state index is 3.78. The van der Waals surface area contributed by atoms with E-state index in [9.17, 15) is 0 Å². The predicted molar refractivity (Wildman–Crippen MR) is 65.1 cm³/mol. The van der Waals surface area contributed by atoms with E-state index in [4.69, 9.17) is 0 Å². The molecule has 1 aliphatic heterocycles. The largest absolute Gasteiger partial charge is 0.309 e. The van der Waals surface area contributed by atoms with Crippen LogP contribution >= 0.6 is 0 Å². The van der Waals surface area contributed by atoms with Crippen molar-refractivity contribution in [3.63, 3.8) is 0 Å². The summed E-state index contributed by atoms with van der Waals surface area (Å²) in [5.74, 6) is 0.779. The van der Waals surface area contributed by atoms with E-state index in [0.29, 0.717) is 5.54 Å². The quantitative estimate of drug-likeness (QED) is 0.752. The highest BCUT2D eigenvalue weighted by Crippen LogP contribution is 2.32. The normalized spacial score (nSPS) is 28.8. The molecule has 0 bridgehead atoms. The molecule has 0 aromatic carbocycles. The van der Waals surface area contributed by atoms with Crippen LogP contribution in [0.5, 0.6) is 0 Å². The lowest BCUT2D eigenvalue weighted by atomic mass is 9.92. The second-order valence-corrected chi connectivity index (χ2v) is 5.87. The molecular weight excluding hydrogens is 184 g/mol. The van der Waals surface area contributed by atoms with Crippen LogP contribution in [0.25, 0.3) is 0 Å². The van der Waals surface area contributed by atoms with Crippen LogP contribution in [-0.4, -0.2) is 36.1 Å². The first-order chi connectivity index (χ1) is 7.13. The van der Waals surface area contributed by atoms with E-state index in [1.54, 1.807) is 0 Å². The molecule has 0 amide bonds. The number of hydrogen-bond donors (Lipinski definition) is 1. The van der Waals surface area contributed by atoms with Gasteiger partial charge in [-0.3, -0.25) is 4.90 Å². The minimum Gasteiger partial charge on any atom is -0.309 e. The maximum atomic E-state index is 3.78. The van der Waals surface area contributed by atoms with Gasteiger partial charge in [0.1, 0.15) is 0 Å². The second-order valence-electron chi connectivity index (χ2n) is 5.87. The molecule has 1 spiro atoms. The Balaban J connectivity index is 1.97. The fourth-order valence-electron chi connectivity index (χ4n) is 3.14. The van der Waals surface area contributed by atoms with Crippen LogP contribution in [0.15, 0.2) is 0 Å². The standard InChI is InChI=1S/C13H26N2/c1-11(2)12(3)15-9-8-14-13(10-15)6-4-5-7-13/h11-12,14H,4-10H2,1-3H3. The smallest absolute Gasteiger partial charge is 0.0309 e. The van der Waals surface area contributed by atoms with Gasteiger partial charge in [-0.2, -0.15) is 0 Å². The molecular formula is C13H26N2. The van der Waals surface area contributed by atoms with Gasteiger partial charge in [0.15, 0.2) is 0 Å². The lowest BCUT2D eigenvalue weighted by Crippen LogP contribution is -2.61. The Hall–Kier alpha value is -0.0800. The van der Waals surface area contributed by atoms with Gasteiger partial charge in [0.25, 0.3) is 0 Å². The van der Waals surface area contributed by atoms with Crippen molar-refractivity contribution in [2.24, 2.45) is 5.92 Å². The molecule has 0 aromatic rings. The van der Waals surface area contributed by atoms with Crippen molar-refractivity contribution in [2.45, 2.75) is 58.0 Å². The zero-order valence-electron chi connectivity index (χ0n) is 10.6. The lowest BCUT2D eigenvalue weighted by Gasteiger charge is -2.45. The minimum absolute atomic E-state index is 0.488. The minimum atomic E-state index is 0.488. The molecule has 1 N–H and O–H groups in total. The topological polar surface area (TPSA) is 15.3 Å². The number of nitrogens with zero attached hydrogens (tertiary/aromatic N) is 1. The predicted octanol–water partition coefficient (Wildman–Crippen LogP) is 2.25. The Morgan fingerprint density at radius 1 is 1.13 bits per heavy atom. The molecule has 15 heavy (non-hydrogen) atoms. The number of piperazine rings is 1. The molecule has 1 saturated carbocycles. The van der Waals surface area contributed by atoms with Crippen molar-refractivity contribution in [1.82, 2.24) is 10.2 Å². The zero-order chi connectivity index (χ0) is 10.9. The molecule has 2 rings (SSSR count). The first-order valence-corrected chi connectivity index (χ1v) is 6.62. The summed E-state index contributed by atoms with van der Waals surface area (Å²) in [6.07, 6.45) is 5.65. The highest BCUT2D eigenvalue weighted by Gasteiger charge is 2.38. The Morgan fingerprint density at radius 2 is 1.80 bits per heavy atom. The highest BCUT2D eigenvalue weighted by molar-refractivity contribution is 4.99. The first-order valence-electron chi connectivity index (χ1n) is 6.62. The third-order valence-corrected chi connectivity index (χ3v) is 4.51. The van der Waals surface area contributed by atoms with Gasteiger partial charge in [0.2, 0.25) is 0 Å². The highest BCUT2D eigenvalue weighted by atomic mass is 15.2. The molecule has 2 fully saturated rings. The van der Waals surface area contributed by atoms with Gasteiger partial charge in [-0.25, -0.2) is 0 Å². The first kappa shape index (κ1) is 11.4. The van der Waals surface area contributed by atoms with Crippen LogP contribution < -0.4 is 5.32 Å². The lowest BCUT2D eigenvalue weighted by molar-refractivity contribution is 0.0811. The fourth-order valence-corrected chi connectivity index (χ4v) is 3.14. The van der Waals surface area contributed by atoms with Crippen molar-refractivity contribution in [3.05, 3.63) is 0 Å². The summed E-state index contributed by atoms with van der Waals surface area (Å²) >= 11 is 0. The van der Waals surface area contributed by atoms with E-state index >= 15 is 0 Å². The Morgan fingerprint density at radius 3 is 2.40 bits per heavy atom. The number of rotatable bonds is 2. The zero-order valence-corrected chi connectivity index (χ0v) is 10.6. The molecule has 0 aromatic heterocycles. The van der Waals surface area contributed by atoms with Gasteiger partial charge < -0.3 is 5.32 Å². The number of nitrogens with one attached hydrogen (secondary N) is 1. The Labute approximate surface area is 94.4 Å². The van der Waals surface area contributed by atoms with Crippen LogP contribution in [0.4, 0.5) is 0 Å². The van der Waals surface area contributed by atoms with Gasteiger partial charge in [0.05, 0.1) is 0 Å². The average Bonchev–Trinajstić information content (AvgIpc) is 2.65. The van der Waals surface area contributed by atoms with Crippen molar-refractivity contribution < 1.29 is 0 Å². The van der Waals surface area contributed by atoms with E-state index in [1.807, 2.05) is 0 Å². The Kier molecular flexibility index (Phi) is 3.36.